The Balaban J connectivity index is 4.13. The van der Waals surface area contributed by atoms with Gasteiger partial charge in [-0.3, -0.25) is 4.79 Å². The Morgan fingerprint density at radius 2 is 1.73 bits per heavy atom. The molecule has 0 saturated heterocycles. The van der Waals surface area contributed by atoms with E-state index >= 15 is 0 Å². The molecular formula is C9H16O6. The third kappa shape index (κ3) is 6.03. The average Bonchev–Trinajstić information content (AvgIpc) is 2.18. The van der Waals surface area contributed by atoms with Crippen LogP contribution in [0.3, 0.4) is 0 Å². The lowest BCUT2D eigenvalue weighted by atomic mass is 10.2. The van der Waals surface area contributed by atoms with Gasteiger partial charge in [-0.1, -0.05) is 0 Å². The van der Waals surface area contributed by atoms with Crippen LogP contribution in [-0.2, 0) is 28.8 Å². The Kier molecular flexibility index (Phi) is 7.57. The summed E-state index contributed by atoms with van der Waals surface area (Å²) in [5.41, 5.74) is 0. The van der Waals surface area contributed by atoms with Crippen LogP contribution in [-0.4, -0.2) is 38.4 Å². The van der Waals surface area contributed by atoms with Crippen LogP contribution in [0.4, 0.5) is 0 Å². The van der Waals surface area contributed by atoms with Crippen molar-refractivity contribution < 1.29 is 28.8 Å². The molecule has 0 heterocycles. The van der Waals surface area contributed by atoms with Gasteiger partial charge in [-0.05, 0) is 13.8 Å². The highest BCUT2D eigenvalue weighted by atomic mass is 17.2. The van der Waals surface area contributed by atoms with Gasteiger partial charge in [-0.15, -0.1) is 0 Å². The van der Waals surface area contributed by atoms with Gasteiger partial charge in [0.15, 0.2) is 0 Å². The van der Waals surface area contributed by atoms with E-state index in [2.05, 4.69) is 19.2 Å². The zero-order chi connectivity index (χ0) is 11.7. The largest absolute Gasteiger partial charge is 0.466 e. The van der Waals surface area contributed by atoms with Crippen LogP contribution < -0.4 is 0 Å². The van der Waals surface area contributed by atoms with E-state index < -0.39 is 18.0 Å². The molecule has 6 heteroatoms. The minimum atomic E-state index is -1.08. The van der Waals surface area contributed by atoms with Gasteiger partial charge >= 0.3 is 11.9 Å². The normalized spacial score (nSPS) is 11.9. The number of esters is 2. The summed E-state index contributed by atoms with van der Waals surface area (Å²) in [5.74, 6) is -1.18. The van der Waals surface area contributed by atoms with Crippen LogP contribution in [0.25, 0.3) is 0 Å². The van der Waals surface area contributed by atoms with Crippen molar-refractivity contribution in [2.75, 3.05) is 20.3 Å². The molecular weight excluding hydrogens is 204 g/mol. The van der Waals surface area contributed by atoms with E-state index in [9.17, 15) is 9.59 Å². The van der Waals surface area contributed by atoms with E-state index in [0.717, 1.165) is 0 Å². The van der Waals surface area contributed by atoms with Gasteiger partial charge in [0.1, 0.15) is 0 Å². The molecule has 0 rings (SSSR count). The lowest BCUT2D eigenvalue weighted by Crippen LogP contribution is -2.29. The van der Waals surface area contributed by atoms with Gasteiger partial charge in [0.05, 0.1) is 26.7 Å². The molecule has 0 saturated carbocycles. The number of hydrogen-bond acceptors (Lipinski definition) is 6. The number of carbonyl (C=O) groups is 2. The fourth-order valence-electron chi connectivity index (χ4n) is 0.879. The summed E-state index contributed by atoms with van der Waals surface area (Å²) < 4.78 is 9.35. The van der Waals surface area contributed by atoms with Gasteiger partial charge in [0, 0.05) is 0 Å². The standard InChI is InChI=1S/C9H16O6/c1-4-13-8(10)6-7(15-12-3)9(11)14-5-2/h7H,4-6H2,1-3H3. The summed E-state index contributed by atoms with van der Waals surface area (Å²) in [6.07, 6.45) is -1.30. The minimum absolute atomic E-state index is 0.214. The Labute approximate surface area is 88.4 Å². The van der Waals surface area contributed by atoms with Gasteiger partial charge in [0.25, 0.3) is 0 Å². The second kappa shape index (κ2) is 8.19. The highest BCUT2D eigenvalue weighted by molar-refractivity contribution is 5.81. The molecule has 0 spiro atoms. The first kappa shape index (κ1) is 13.9. The van der Waals surface area contributed by atoms with E-state index in [1.54, 1.807) is 13.8 Å². The van der Waals surface area contributed by atoms with Gasteiger partial charge in [-0.25, -0.2) is 14.6 Å². The van der Waals surface area contributed by atoms with Crippen LogP contribution in [0, 0.1) is 0 Å². The lowest BCUT2D eigenvalue weighted by Gasteiger charge is -2.12. The van der Waals surface area contributed by atoms with Gasteiger partial charge < -0.3 is 9.47 Å². The topological polar surface area (TPSA) is 71.1 Å². The van der Waals surface area contributed by atoms with Crippen LogP contribution in [0.2, 0.25) is 0 Å². The van der Waals surface area contributed by atoms with Crippen molar-refractivity contribution in [1.29, 1.82) is 0 Å². The molecule has 0 aromatic carbocycles. The molecule has 15 heavy (non-hydrogen) atoms. The fraction of sp³-hybridized carbons (Fsp3) is 0.778. The summed E-state index contributed by atoms with van der Waals surface area (Å²) in [7, 11) is 1.25. The van der Waals surface area contributed by atoms with Crippen molar-refractivity contribution in [2.45, 2.75) is 26.4 Å². The van der Waals surface area contributed by atoms with Crippen molar-refractivity contribution in [3.8, 4) is 0 Å². The molecule has 88 valence electrons. The Morgan fingerprint density at radius 1 is 1.13 bits per heavy atom. The van der Waals surface area contributed by atoms with Crippen LogP contribution in [0.5, 0.6) is 0 Å². The maximum absolute atomic E-state index is 11.2. The molecule has 0 N–H and O–H groups in total. The van der Waals surface area contributed by atoms with E-state index in [0.29, 0.717) is 0 Å². The van der Waals surface area contributed by atoms with Crippen molar-refractivity contribution in [3.05, 3.63) is 0 Å². The average molecular weight is 220 g/mol. The molecule has 0 aromatic rings. The quantitative estimate of drug-likeness (QED) is 0.352. The molecule has 0 aromatic heterocycles. The van der Waals surface area contributed by atoms with E-state index in [1.165, 1.54) is 7.11 Å². The molecule has 0 aliphatic rings. The van der Waals surface area contributed by atoms with Crippen molar-refractivity contribution >= 4 is 11.9 Å². The summed E-state index contributed by atoms with van der Waals surface area (Å²) in [6, 6.07) is 0. The lowest BCUT2D eigenvalue weighted by molar-refractivity contribution is -0.302. The molecule has 0 radical (unpaired) electrons. The Hall–Kier alpha value is -1.14. The zero-order valence-electron chi connectivity index (χ0n) is 9.15. The summed E-state index contributed by atoms with van der Waals surface area (Å²) in [4.78, 5) is 31.2. The zero-order valence-corrected chi connectivity index (χ0v) is 9.15. The first-order valence-electron chi connectivity index (χ1n) is 4.67. The monoisotopic (exact) mass is 220 g/mol. The predicted octanol–water partition coefficient (Wildman–Crippen LogP) is 0.449. The molecule has 0 bridgehead atoms. The molecule has 1 atom stereocenters. The molecule has 0 amide bonds. The first-order chi connectivity index (χ1) is 7.15. The maximum Gasteiger partial charge on any atom is 0.339 e. The highest BCUT2D eigenvalue weighted by Gasteiger charge is 2.25. The molecule has 0 aliphatic heterocycles. The molecule has 0 aliphatic carbocycles. The first-order valence-corrected chi connectivity index (χ1v) is 4.67. The SMILES string of the molecule is CCOC(=O)CC(OOC)C(=O)OCC. The number of rotatable bonds is 7. The van der Waals surface area contributed by atoms with Crippen LogP contribution >= 0.6 is 0 Å². The molecule has 1 unspecified atom stereocenters. The Bertz CT molecular complexity index is 203. The number of hydrogen-bond donors (Lipinski definition) is 0. The van der Waals surface area contributed by atoms with E-state index in [-0.39, 0.29) is 19.6 Å². The number of ether oxygens (including phenoxy) is 2. The maximum atomic E-state index is 11.2. The van der Waals surface area contributed by atoms with Crippen LogP contribution in [0.1, 0.15) is 20.3 Å². The van der Waals surface area contributed by atoms with Gasteiger partial charge in [-0.2, -0.15) is 0 Å². The van der Waals surface area contributed by atoms with E-state index in [1.807, 2.05) is 0 Å². The van der Waals surface area contributed by atoms with Gasteiger partial charge in [0.2, 0.25) is 6.10 Å². The molecule has 0 fully saturated rings. The van der Waals surface area contributed by atoms with Crippen molar-refractivity contribution in [3.63, 3.8) is 0 Å². The minimum Gasteiger partial charge on any atom is -0.466 e. The summed E-state index contributed by atoms with van der Waals surface area (Å²) >= 11 is 0. The van der Waals surface area contributed by atoms with Crippen LogP contribution in [0.15, 0.2) is 0 Å². The summed E-state index contributed by atoms with van der Waals surface area (Å²) in [6.45, 7) is 3.80. The predicted molar refractivity (Wildman–Crippen MR) is 49.8 cm³/mol. The van der Waals surface area contributed by atoms with E-state index in [4.69, 9.17) is 0 Å². The molecule has 6 nitrogen and oxygen atoms in total. The van der Waals surface area contributed by atoms with Crippen molar-refractivity contribution in [1.82, 2.24) is 0 Å². The second-order valence-corrected chi connectivity index (χ2v) is 2.51. The smallest absolute Gasteiger partial charge is 0.339 e. The Morgan fingerprint density at radius 3 is 2.20 bits per heavy atom. The fourth-order valence-corrected chi connectivity index (χ4v) is 0.879. The second-order valence-electron chi connectivity index (χ2n) is 2.51. The summed E-state index contributed by atoms with van der Waals surface area (Å²) in [5, 5.41) is 0. The third-order valence-corrected chi connectivity index (χ3v) is 1.42. The highest BCUT2D eigenvalue weighted by Crippen LogP contribution is 2.03. The number of carbonyl (C=O) groups excluding carboxylic acids is 2. The third-order valence-electron chi connectivity index (χ3n) is 1.42. The van der Waals surface area contributed by atoms with Crippen molar-refractivity contribution in [2.24, 2.45) is 0 Å².